The largest absolute Gasteiger partial charge is 0.382 e. The standard InChI is InChI=1S/C21H22Cl4O13S4/c22-5-9-39(27,28)35-15-1-3-17(19(13-15)37-41(31,32)11-7-24)21(26)18-4-2-16(36-40(29,30)10-6-23)14-20(18)38-42(33,34)12-8-25/h1-4,13-14H,5-12H2. The third-order valence-electron chi connectivity index (χ3n) is 4.58. The van der Waals surface area contributed by atoms with Gasteiger partial charge in [0.2, 0.25) is 5.78 Å². The van der Waals surface area contributed by atoms with Crippen LogP contribution in [0.25, 0.3) is 0 Å². The summed E-state index contributed by atoms with van der Waals surface area (Å²) in [5.74, 6) is -7.39. The minimum atomic E-state index is -4.42. The van der Waals surface area contributed by atoms with Gasteiger partial charge in [0.15, 0.2) is 11.5 Å². The average molecular weight is 752 g/mol. The summed E-state index contributed by atoms with van der Waals surface area (Å²) < 4.78 is 117. The van der Waals surface area contributed by atoms with Crippen LogP contribution in [0.1, 0.15) is 15.9 Å². The highest BCUT2D eigenvalue weighted by atomic mass is 35.5. The van der Waals surface area contributed by atoms with Gasteiger partial charge in [-0.25, -0.2) is 0 Å². The summed E-state index contributed by atoms with van der Waals surface area (Å²) in [6, 6.07) is 5.50. The van der Waals surface area contributed by atoms with Crippen molar-refractivity contribution in [2.75, 3.05) is 46.5 Å². The summed E-state index contributed by atoms with van der Waals surface area (Å²) in [5.41, 5.74) is -1.03. The number of alkyl halides is 4. The van der Waals surface area contributed by atoms with E-state index in [0.717, 1.165) is 36.4 Å². The molecule has 0 fully saturated rings. The molecule has 0 radical (unpaired) electrons. The molecule has 0 aromatic heterocycles. The van der Waals surface area contributed by atoms with E-state index in [1.807, 2.05) is 0 Å². The van der Waals surface area contributed by atoms with Crippen molar-refractivity contribution in [1.29, 1.82) is 0 Å². The smallest absolute Gasteiger partial charge is 0.310 e. The van der Waals surface area contributed by atoms with Crippen LogP contribution < -0.4 is 16.7 Å². The van der Waals surface area contributed by atoms with Crippen molar-refractivity contribution in [3.05, 3.63) is 47.5 Å². The van der Waals surface area contributed by atoms with Crippen LogP contribution in [-0.2, 0) is 40.5 Å². The van der Waals surface area contributed by atoms with Gasteiger partial charge in [-0.05, 0) is 24.3 Å². The van der Waals surface area contributed by atoms with E-state index in [1.54, 1.807) is 0 Å². The first-order valence-corrected chi connectivity index (χ1v) is 19.7. The Morgan fingerprint density at radius 1 is 0.500 bits per heavy atom. The van der Waals surface area contributed by atoms with Gasteiger partial charge in [0.1, 0.15) is 11.5 Å². The molecule has 0 aliphatic heterocycles. The summed E-state index contributed by atoms with van der Waals surface area (Å²) in [6.45, 7) is 0. The van der Waals surface area contributed by atoms with Gasteiger partial charge in [0.05, 0.1) is 34.1 Å². The fraction of sp³-hybridized carbons (Fsp3) is 0.381. The van der Waals surface area contributed by atoms with Gasteiger partial charge in [-0.15, -0.1) is 46.4 Å². The van der Waals surface area contributed by atoms with E-state index in [4.69, 9.17) is 63.1 Å². The minimum Gasteiger partial charge on any atom is -0.382 e. The predicted molar refractivity (Wildman–Crippen MR) is 157 cm³/mol. The highest BCUT2D eigenvalue weighted by Gasteiger charge is 2.27. The quantitative estimate of drug-likeness (QED) is 0.123. The van der Waals surface area contributed by atoms with Crippen molar-refractivity contribution in [2.45, 2.75) is 0 Å². The normalized spacial score (nSPS) is 12.5. The van der Waals surface area contributed by atoms with E-state index in [0.29, 0.717) is 0 Å². The second-order valence-corrected chi connectivity index (χ2v) is 16.1. The van der Waals surface area contributed by atoms with Crippen LogP contribution in [0.15, 0.2) is 36.4 Å². The highest BCUT2D eigenvalue weighted by Crippen LogP contribution is 2.34. The summed E-state index contributed by atoms with van der Waals surface area (Å²) in [5, 5.41) is 0. The Bertz CT molecular complexity index is 1580. The zero-order valence-corrected chi connectivity index (χ0v) is 27.4. The molecule has 0 saturated carbocycles. The highest BCUT2D eigenvalue weighted by molar-refractivity contribution is 7.88. The van der Waals surface area contributed by atoms with Gasteiger partial charge in [-0.3, -0.25) is 4.79 Å². The number of carbonyl (C=O) groups is 1. The van der Waals surface area contributed by atoms with Crippen molar-refractivity contribution < 1.29 is 55.2 Å². The molecule has 0 aliphatic rings. The molecular formula is C21H22Cl4O13S4. The van der Waals surface area contributed by atoms with Crippen LogP contribution in [0, 0.1) is 0 Å². The summed E-state index contributed by atoms with van der Waals surface area (Å²) in [4.78, 5) is 13.6. The van der Waals surface area contributed by atoms with Crippen molar-refractivity contribution in [3.63, 3.8) is 0 Å². The zero-order chi connectivity index (χ0) is 31.8. The van der Waals surface area contributed by atoms with Crippen molar-refractivity contribution >= 4 is 92.7 Å². The third-order valence-corrected chi connectivity index (χ3v) is 10.8. The number of carbonyl (C=O) groups excluding carboxylic acids is 1. The molecule has 21 heteroatoms. The van der Waals surface area contributed by atoms with Crippen LogP contribution in [0.2, 0.25) is 0 Å². The van der Waals surface area contributed by atoms with Gasteiger partial charge < -0.3 is 16.7 Å². The fourth-order valence-corrected chi connectivity index (χ4v) is 7.85. The fourth-order valence-electron chi connectivity index (χ4n) is 2.88. The molecule has 2 aromatic rings. The molecule has 0 bridgehead atoms. The Balaban J connectivity index is 2.70. The van der Waals surface area contributed by atoms with Crippen LogP contribution in [0.5, 0.6) is 23.0 Å². The number of benzene rings is 2. The molecule has 2 aromatic carbocycles. The lowest BCUT2D eigenvalue weighted by atomic mass is 10.0. The van der Waals surface area contributed by atoms with E-state index in [1.165, 1.54) is 0 Å². The molecule has 0 N–H and O–H groups in total. The van der Waals surface area contributed by atoms with Crippen molar-refractivity contribution in [1.82, 2.24) is 0 Å². The first-order chi connectivity index (χ1) is 19.5. The molecule has 236 valence electrons. The molecule has 42 heavy (non-hydrogen) atoms. The lowest BCUT2D eigenvalue weighted by Gasteiger charge is -2.15. The van der Waals surface area contributed by atoms with Crippen LogP contribution in [-0.4, -0.2) is 86.0 Å². The monoisotopic (exact) mass is 750 g/mol. The van der Waals surface area contributed by atoms with E-state index in [-0.39, 0.29) is 11.8 Å². The number of ketones is 1. The average Bonchev–Trinajstić information content (AvgIpc) is 2.82. The Hall–Kier alpha value is -1.73. The Labute approximate surface area is 263 Å². The lowest BCUT2D eigenvalue weighted by molar-refractivity contribution is 0.103. The van der Waals surface area contributed by atoms with Gasteiger partial charge in [-0.2, -0.15) is 33.7 Å². The van der Waals surface area contributed by atoms with Gasteiger partial charge in [-0.1, -0.05) is 0 Å². The lowest BCUT2D eigenvalue weighted by Crippen LogP contribution is -2.19. The third kappa shape index (κ3) is 11.4. The van der Waals surface area contributed by atoms with Gasteiger partial charge in [0.25, 0.3) is 0 Å². The molecule has 0 atom stereocenters. The van der Waals surface area contributed by atoms with Crippen LogP contribution in [0.3, 0.4) is 0 Å². The van der Waals surface area contributed by atoms with E-state index < -0.39 is 115 Å². The first kappa shape index (κ1) is 36.5. The zero-order valence-electron chi connectivity index (χ0n) is 21.1. The number of rotatable bonds is 18. The number of hydrogen-bond donors (Lipinski definition) is 0. The van der Waals surface area contributed by atoms with Gasteiger partial charge in [0, 0.05) is 35.7 Å². The SMILES string of the molecule is O=C(c1ccc(OS(=O)(=O)CCCl)cc1OS(=O)(=O)CCCl)c1ccc(OS(=O)(=O)CCCl)cc1OS(=O)(=O)CCCl. The second kappa shape index (κ2) is 15.3. The Kier molecular flexibility index (Phi) is 13.3. The van der Waals surface area contributed by atoms with Crippen molar-refractivity contribution in [2.24, 2.45) is 0 Å². The minimum absolute atomic E-state index is 0.311. The van der Waals surface area contributed by atoms with E-state index in [2.05, 4.69) is 0 Å². The molecule has 0 aliphatic carbocycles. The van der Waals surface area contributed by atoms with Crippen LogP contribution >= 0.6 is 46.4 Å². The maximum Gasteiger partial charge on any atom is 0.310 e. The second-order valence-electron chi connectivity index (χ2n) is 7.78. The molecule has 0 spiro atoms. The summed E-state index contributed by atoms with van der Waals surface area (Å²) in [7, 11) is -17.3. The van der Waals surface area contributed by atoms with E-state index >= 15 is 0 Å². The van der Waals surface area contributed by atoms with Crippen LogP contribution in [0.4, 0.5) is 0 Å². The van der Waals surface area contributed by atoms with Crippen molar-refractivity contribution in [3.8, 4) is 23.0 Å². The Morgan fingerprint density at radius 3 is 1.07 bits per heavy atom. The molecule has 0 saturated heterocycles. The molecule has 2 rings (SSSR count). The summed E-state index contributed by atoms with van der Waals surface area (Å²) >= 11 is 21.9. The Morgan fingerprint density at radius 2 is 0.786 bits per heavy atom. The number of halogens is 4. The van der Waals surface area contributed by atoms with Gasteiger partial charge >= 0.3 is 40.5 Å². The predicted octanol–water partition coefficient (Wildman–Crippen LogP) is 2.71. The molecule has 0 amide bonds. The first-order valence-electron chi connectivity index (χ1n) is 11.2. The molecule has 0 unspecified atom stereocenters. The maximum absolute atomic E-state index is 13.6. The molecule has 13 nitrogen and oxygen atoms in total. The molecular weight excluding hydrogens is 730 g/mol. The number of hydrogen-bond acceptors (Lipinski definition) is 13. The molecule has 0 heterocycles. The maximum atomic E-state index is 13.6. The summed E-state index contributed by atoms with van der Waals surface area (Å²) in [6.07, 6.45) is 0. The topological polar surface area (TPSA) is 191 Å². The van der Waals surface area contributed by atoms with E-state index in [9.17, 15) is 38.5 Å².